The van der Waals surface area contributed by atoms with Gasteiger partial charge in [-0.3, -0.25) is 9.71 Å². The van der Waals surface area contributed by atoms with Crippen molar-refractivity contribution in [2.24, 2.45) is 0 Å². The number of thiophene rings is 1. The summed E-state index contributed by atoms with van der Waals surface area (Å²) in [6.45, 7) is 1.86. The fourth-order valence-electron chi connectivity index (χ4n) is 2.18. The van der Waals surface area contributed by atoms with E-state index in [1.807, 2.05) is 25.1 Å². The lowest BCUT2D eigenvalue weighted by Gasteiger charge is -2.07. The molecular weight excluding hydrogens is 344 g/mol. The number of nitrogens with one attached hydrogen (secondary N) is 1. The number of rotatable bonds is 5. The van der Waals surface area contributed by atoms with Crippen LogP contribution in [0, 0.1) is 6.92 Å². The molecule has 2 heterocycles. The molecule has 0 bridgehead atoms. The van der Waals surface area contributed by atoms with Crippen LogP contribution in [-0.2, 0) is 11.0 Å². The van der Waals surface area contributed by atoms with Crippen LogP contribution < -0.4 is 4.72 Å². The molecule has 0 aliphatic rings. The molecular formula is C17H14N2O3S2. The third-order valence-corrected chi connectivity index (χ3v) is 5.75. The molecule has 0 saturated heterocycles. The fourth-order valence-corrected chi connectivity index (χ4v) is 4.21. The highest BCUT2D eigenvalue weighted by Gasteiger charge is 2.19. The number of hydrogen-bond donors (Lipinski definition) is 2. The maximum absolute atomic E-state index is 12.6. The van der Waals surface area contributed by atoms with Crippen molar-refractivity contribution in [3.8, 4) is 10.6 Å². The van der Waals surface area contributed by atoms with Gasteiger partial charge in [0.15, 0.2) is 11.0 Å². The van der Waals surface area contributed by atoms with Gasteiger partial charge < -0.3 is 5.11 Å². The number of aryl methyl sites for hydroxylation is 1. The zero-order valence-electron chi connectivity index (χ0n) is 12.7. The van der Waals surface area contributed by atoms with Crippen molar-refractivity contribution in [1.29, 1.82) is 0 Å². The molecule has 3 aromatic rings. The summed E-state index contributed by atoms with van der Waals surface area (Å²) in [5.74, 6) is -1.06. The lowest BCUT2D eigenvalue weighted by atomic mass is 10.2. The van der Waals surface area contributed by atoms with Crippen molar-refractivity contribution in [2.75, 3.05) is 4.72 Å². The van der Waals surface area contributed by atoms with Gasteiger partial charge in [-0.05, 0) is 36.8 Å². The number of aromatic carboxylic acids is 1. The second kappa shape index (κ2) is 6.94. The summed E-state index contributed by atoms with van der Waals surface area (Å²) in [5, 5.41) is 9.41. The first-order chi connectivity index (χ1) is 11.6. The first-order valence-corrected chi connectivity index (χ1v) is 9.05. The number of nitrogens with zero attached hydrogens (tertiary/aromatic N) is 1. The smallest absolute Gasteiger partial charge is 0.348 e. The van der Waals surface area contributed by atoms with Crippen LogP contribution in [0.1, 0.15) is 15.2 Å². The molecule has 1 atom stereocenters. The van der Waals surface area contributed by atoms with Crippen LogP contribution in [0.15, 0.2) is 59.6 Å². The molecule has 1 aromatic carbocycles. The summed E-state index contributed by atoms with van der Waals surface area (Å²) >= 11 is 1.10. The number of anilines is 1. The number of carbonyl (C=O) groups is 1. The van der Waals surface area contributed by atoms with Crippen molar-refractivity contribution in [1.82, 2.24) is 4.98 Å². The van der Waals surface area contributed by atoms with E-state index in [0.717, 1.165) is 16.9 Å². The zero-order valence-corrected chi connectivity index (χ0v) is 14.4. The van der Waals surface area contributed by atoms with Gasteiger partial charge in [0, 0.05) is 6.20 Å². The van der Waals surface area contributed by atoms with E-state index in [1.54, 1.807) is 36.5 Å². The van der Waals surface area contributed by atoms with E-state index in [4.69, 9.17) is 0 Å². The maximum atomic E-state index is 12.6. The molecule has 7 heteroatoms. The lowest BCUT2D eigenvalue weighted by molar-refractivity contribution is 0.0703. The summed E-state index contributed by atoms with van der Waals surface area (Å²) in [6.07, 6.45) is 1.65. The van der Waals surface area contributed by atoms with Crippen molar-refractivity contribution >= 4 is 34.0 Å². The van der Waals surface area contributed by atoms with E-state index in [1.165, 1.54) is 0 Å². The molecule has 0 radical (unpaired) electrons. The Kier molecular flexibility index (Phi) is 4.73. The molecule has 0 amide bonds. The predicted molar refractivity (Wildman–Crippen MR) is 95.7 cm³/mol. The van der Waals surface area contributed by atoms with Crippen LogP contribution in [0.2, 0.25) is 0 Å². The first kappa shape index (κ1) is 16.4. The van der Waals surface area contributed by atoms with E-state index < -0.39 is 17.0 Å². The summed E-state index contributed by atoms with van der Waals surface area (Å²) < 4.78 is 15.4. The Balaban J connectivity index is 1.96. The Hall–Kier alpha value is -2.51. The number of pyridine rings is 1. The highest BCUT2D eigenvalue weighted by molar-refractivity contribution is 7.86. The Morgan fingerprint density at radius 2 is 1.96 bits per heavy atom. The van der Waals surface area contributed by atoms with Crippen LogP contribution in [0.4, 0.5) is 5.69 Å². The number of hydrogen-bond acceptors (Lipinski definition) is 4. The highest BCUT2D eigenvalue weighted by atomic mass is 32.2. The number of benzene rings is 1. The molecule has 2 N–H and O–H groups in total. The van der Waals surface area contributed by atoms with Gasteiger partial charge in [0.2, 0.25) is 0 Å². The summed E-state index contributed by atoms with van der Waals surface area (Å²) in [5.41, 5.74) is 1.88. The Morgan fingerprint density at radius 1 is 1.21 bits per heavy atom. The monoisotopic (exact) mass is 358 g/mol. The van der Waals surface area contributed by atoms with Crippen molar-refractivity contribution in [2.45, 2.75) is 11.8 Å². The highest BCUT2D eigenvalue weighted by Crippen LogP contribution is 2.34. The van der Waals surface area contributed by atoms with E-state index in [9.17, 15) is 14.1 Å². The van der Waals surface area contributed by atoms with Gasteiger partial charge in [0.1, 0.15) is 4.88 Å². The molecule has 0 aliphatic carbocycles. The number of carboxylic acid groups (broad SMARTS) is 1. The van der Waals surface area contributed by atoms with Crippen molar-refractivity contribution in [3.63, 3.8) is 0 Å². The quantitative estimate of drug-likeness (QED) is 0.724. The summed E-state index contributed by atoms with van der Waals surface area (Å²) in [4.78, 5) is 17.2. The van der Waals surface area contributed by atoms with Crippen molar-refractivity contribution < 1.29 is 14.1 Å². The minimum Gasteiger partial charge on any atom is -0.477 e. The lowest BCUT2D eigenvalue weighted by Crippen LogP contribution is -2.08. The predicted octanol–water partition coefficient (Wildman–Crippen LogP) is 3.95. The fraction of sp³-hybridized carbons (Fsp3) is 0.0588. The zero-order chi connectivity index (χ0) is 17.1. The molecule has 0 fully saturated rings. The van der Waals surface area contributed by atoms with Crippen molar-refractivity contribution in [3.05, 3.63) is 65.2 Å². The van der Waals surface area contributed by atoms with Crippen LogP contribution in [-0.4, -0.2) is 20.3 Å². The molecule has 5 nitrogen and oxygen atoms in total. The Bertz CT molecular complexity index is 907. The van der Waals surface area contributed by atoms with Crippen LogP contribution in [0.25, 0.3) is 10.6 Å². The third-order valence-electron chi connectivity index (χ3n) is 3.34. The molecule has 3 rings (SSSR count). The average Bonchev–Trinajstić information content (AvgIpc) is 3.00. The van der Waals surface area contributed by atoms with Crippen LogP contribution in [0.3, 0.4) is 0 Å². The van der Waals surface area contributed by atoms with E-state index in [0.29, 0.717) is 21.2 Å². The van der Waals surface area contributed by atoms with Gasteiger partial charge in [-0.2, -0.15) is 0 Å². The van der Waals surface area contributed by atoms with Crippen LogP contribution in [0.5, 0.6) is 0 Å². The molecule has 0 aliphatic heterocycles. The second-order valence-electron chi connectivity index (χ2n) is 5.01. The molecule has 2 aromatic heterocycles. The van der Waals surface area contributed by atoms with E-state index in [-0.39, 0.29) is 4.88 Å². The van der Waals surface area contributed by atoms with Gasteiger partial charge in [-0.15, -0.1) is 11.3 Å². The minimum absolute atomic E-state index is 0.109. The van der Waals surface area contributed by atoms with Gasteiger partial charge in [0.05, 0.1) is 21.2 Å². The number of carboxylic acids is 1. The normalized spacial score (nSPS) is 11.9. The minimum atomic E-state index is -1.54. The largest absolute Gasteiger partial charge is 0.477 e. The molecule has 0 spiro atoms. The summed E-state index contributed by atoms with van der Waals surface area (Å²) in [7, 11) is -1.54. The average molecular weight is 358 g/mol. The Labute approximate surface area is 145 Å². The van der Waals surface area contributed by atoms with Crippen LogP contribution >= 0.6 is 11.3 Å². The number of aromatic nitrogens is 1. The first-order valence-electron chi connectivity index (χ1n) is 7.09. The molecule has 0 saturated carbocycles. The van der Waals surface area contributed by atoms with E-state index >= 15 is 0 Å². The molecule has 1 unspecified atom stereocenters. The third kappa shape index (κ3) is 3.37. The summed E-state index contributed by atoms with van der Waals surface area (Å²) in [6, 6.07) is 14.4. The van der Waals surface area contributed by atoms with E-state index in [2.05, 4.69) is 9.71 Å². The van der Waals surface area contributed by atoms with Gasteiger partial charge in [-0.1, -0.05) is 24.3 Å². The second-order valence-corrected chi connectivity index (χ2v) is 7.24. The van der Waals surface area contributed by atoms with Gasteiger partial charge >= 0.3 is 5.97 Å². The molecule has 24 heavy (non-hydrogen) atoms. The standard InChI is InChI=1S/C17H14N2O3S2/c1-11-6-2-3-8-15(11)24(22)19-13-10-14(23-16(13)17(20)21)12-7-4-5-9-18-12/h2-10,19H,1H3,(H,20,21). The SMILES string of the molecule is Cc1ccccc1S(=O)Nc1cc(-c2ccccn2)sc1C(=O)O. The topological polar surface area (TPSA) is 79.3 Å². The maximum Gasteiger partial charge on any atom is 0.348 e. The van der Waals surface area contributed by atoms with Gasteiger partial charge in [-0.25, -0.2) is 9.00 Å². The van der Waals surface area contributed by atoms with Gasteiger partial charge in [0.25, 0.3) is 0 Å². The molecule has 122 valence electrons. The Morgan fingerprint density at radius 3 is 2.62 bits per heavy atom.